The van der Waals surface area contributed by atoms with E-state index < -0.39 is 0 Å². The molecule has 0 aliphatic carbocycles. The van der Waals surface area contributed by atoms with Crippen molar-refractivity contribution in [1.29, 1.82) is 0 Å². The van der Waals surface area contributed by atoms with Crippen LogP contribution in [0.1, 0.15) is 20.8 Å². The summed E-state index contributed by atoms with van der Waals surface area (Å²) in [6.07, 6.45) is 0.959. The second-order valence-corrected chi connectivity index (χ2v) is 8.45. The lowest BCUT2D eigenvalue weighted by Crippen LogP contribution is -2.51. The Balaban J connectivity index is 1.28. The normalized spacial score (nSPS) is 17.7. The molecule has 4 rings (SSSR count). The van der Waals surface area contributed by atoms with Gasteiger partial charge in [0.25, 0.3) is 5.91 Å². The van der Waals surface area contributed by atoms with Crippen molar-refractivity contribution in [3.63, 3.8) is 0 Å². The Morgan fingerprint density at radius 2 is 1.85 bits per heavy atom. The number of carbonyl (C=O) groups is 2. The van der Waals surface area contributed by atoms with Crippen molar-refractivity contribution in [2.45, 2.75) is 13.0 Å². The van der Waals surface area contributed by atoms with Gasteiger partial charge in [0.2, 0.25) is 5.91 Å². The maximum Gasteiger partial charge on any atom is 0.253 e. The maximum absolute atomic E-state index is 12.7. The summed E-state index contributed by atoms with van der Waals surface area (Å²) in [5.74, 6) is 0.186. The molecule has 0 N–H and O–H groups in total. The minimum absolute atomic E-state index is 0.00416. The van der Waals surface area contributed by atoms with Crippen molar-refractivity contribution in [3.05, 3.63) is 56.7 Å². The molecule has 2 amide bonds. The number of rotatable bonds is 3. The molecule has 0 bridgehead atoms. The van der Waals surface area contributed by atoms with Crippen LogP contribution in [-0.2, 0) is 17.8 Å². The van der Waals surface area contributed by atoms with E-state index in [4.69, 9.17) is 11.6 Å². The number of amides is 2. The standard InChI is InChI=1S/C20H22ClN3O2S/c21-17-3-1-2-15(12-17)20(26)23-9-7-22(8-10-23)14-19(25)24-6-4-18-16(13-24)5-11-27-18/h1-3,5,11-12H,4,6-10,13-14H2. The lowest BCUT2D eigenvalue weighted by Gasteiger charge is -2.36. The van der Waals surface area contributed by atoms with Crippen LogP contribution in [0, 0.1) is 0 Å². The first-order valence-electron chi connectivity index (χ1n) is 9.20. The van der Waals surface area contributed by atoms with Crippen LogP contribution < -0.4 is 0 Å². The fourth-order valence-corrected chi connectivity index (χ4v) is 4.75. The lowest BCUT2D eigenvalue weighted by atomic mass is 10.1. The molecule has 7 heteroatoms. The molecule has 1 aromatic carbocycles. The highest BCUT2D eigenvalue weighted by atomic mass is 35.5. The third kappa shape index (κ3) is 4.18. The molecule has 3 heterocycles. The van der Waals surface area contributed by atoms with Gasteiger partial charge in [-0.2, -0.15) is 0 Å². The van der Waals surface area contributed by atoms with Crippen LogP contribution in [0.5, 0.6) is 0 Å². The maximum atomic E-state index is 12.7. The number of fused-ring (bicyclic) bond motifs is 1. The van der Waals surface area contributed by atoms with Gasteiger partial charge in [-0.05, 0) is 41.6 Å². The van der Waals surface area contributed by atoms with Crippen molar-refractivity contribution < 1.29 is 9.59 Å². The second kappa shape index (κ2) is 8.00. The Kier molecular flexibility index (Phi) is 5.48. The van der Waals surface area contributed by atoms with E-state index in [0.717, 1.165) is 32.6 Å². The zero-order chi connectivity index (χ0) is 18.8. The number of benzene rings is 1. The highest BCUT2D eigenvalue weighted by Gasteiger charge is 2.26. The smallest absolute Gasteiger partial charge is 0.253 e. The van der Waals surface area contributed by atoms with E-state index in [2.05, 4.69) is 16.3 Å². The highest BCUT2D eigenvalue weighted by molar-refractivity contribution is 7.10. The average Bonchev–Trinajstić information content (AvgIpc) is 3.16. The van der Waals surface area contributed by atoms with Crippen LogP contribution in [0.2, 0.25) is 5.02 Å². The van der Waals surface area contributed by atoms with Gasteiger partial charge in [-0.25, -0.2) is 0 Å². The van der Waals surface area contributed by atoms with Crippen LogP contribution in [0.3, 0.4) is 0 Å². The molecule has 0 atom stereocenters. The number of hydrogen-bond acceptors (Lipinski definition) is 4. The molecule has 1 aromatic heterocycles. The van der Waals surface area contributed by atoms with Crippen molar-refractivity contribution >= 4 is 34.8 Å². The number of hydrogen-bond donors (Lipinski definition) is 0. The quantitative estimate of drug-likeness (QED) is 0.791. The zero-order valence-corrected chi connectivity index (χ0v) is 16.6. The predicted molar refractivity (Wildman–Crippen MR) is 107 cm³/mol. The van der Waals surface area contributed by atoms with Gasteiger partial charge in [-0.15, -0.1) is 11.3 Å². The van der Waals surface area contributed by atoms with E-state index in [0.29, 0.717) is 30.2 Å². The van der Waals surface area contributed by atoms with Crippen molar-refractivity contribution in [3.8, 4) is 0 Å². The van der Waals surface area contributed by atoms with Crippen LogP contribution in [0.15, 0.2) is 35.7 Å². The molecule has 2 aliphatic heterocycles. The van der Waals surface area contributed by atoms with Gasteiger partial charge in [0, 0.05) is 54.7 Å². The third-order valence-corrected chi connectivity index (χ3v) is 6.51. The van der Waals surface area contributed by atoms with Gasteiger partial charge >= 0.3 is 0 Å². The summed E-state index contributed by atoms with van der Waals surface area (Å²) < 4.78 is 0. The van der Waals surface area contributed by atoms with Gasteiger partial charge in [-0.3, -0.25) is 14.5 Å². The number of halogens is 1. The molecular weight excluding hydrogens is 382 g/mol. The summed E-state index contributed by atoms with van der Waals surface area (Å²) in [5.41, 5.74) is 1.91. The van der Waals surface area contributed by atoms with Crippen molar-refractivity contribution in [1.82, 2.24) is 14.7 Å². The molecule has 0 unspecified atom stereocenters. The van der Waals surface area contributed by atoms with Gasteiger partial charge in [0.1, 0.15) is 0 Å². The predicted octanol–water partition coefficient (Wildman–Crippen LogP) is 2.74. The minimum Gasteiger partial charge on any atom is -0.337 e. The Morgan fingerprint density at radius 3 is 2.63 bits per heavy atom. The zero-order valence-electron chi connectivity index (χ0n) is 15.1. The molecule has 142 valence electrons. The van der Waals surface area contributed by atoms with Crippen LogP contribution in [0.25, 0.3) is 0 Å². The minimum atomic E-state index is 0.00416. The number of piperazine rings is 1. The van der Waals surface area contributed by atoms with Crippen LogP contribution >= 0.6 is 22.9 Å². The van der Waals surface area contributed by atoms with E-state index in [1.54, 1.807) is 35.6 Å². The van der Waals surface area contributed by atoms with Crippen LogP contribution in [0.4, 0.5) is 0 Å². The number of thiophene rings is 1. The fourth-order valence-electron chi connectivity index (χ4n) is 3.67. The summed E-state index contributed by atoms with van der Waals surface area (Å²) in [6.45, 7) is 4.66. The van der Waals surface area contributed by atoms with Crippen molar-refractivity contribution in [2.24, 2.45) is 0 Å². The monoisotopic (exact) mass is 403 g/mol. The van der Waals surface area contributed by atoms with E-state index >= 15 is 0 Å². The first kappa shape index (κ1) is 18.5. The van der Waals surface area contributed by atoms with E-state index in [1.165, 1.54) is 10.4 Å². The van der Waals surface area contributed by atoms with E-state index in [1.807, 2.05) is 9.80 Å². The Labute approximate surface area is 168 Å². The van der Waals surface area contributed by atoms with Gasteiger partial charge in [0.15, 0.2) is 0 Å². The summed E-state index contributed by atoms with van der Waals surface area (Å²) in [6, 6.07) is 9.18. The molecule has 2 aromatic rings. The molecule has 2 aliphatic rings. The molecule has 0 radical (unpaired) electrons. The third-order valence-electron chi connectivity index (χ3n) is 5.25. The Hall–Kier alpha value is -1.89. The summed E-state index contributed by atoms with van der Waals surface area (Å²) in [4.78, 5) is 32.6. The first-order chi connectivity index (χ1) is 13.1. The average molecular weight is 404 g/mol. The number of carbonyl (C=O) groups excluding carboxylic acids is 2. The Morgan fingerprint density at radius 1 is 1.04 bits per heavy atom. The summed E-state index contributed by atoms with van der Waals surface area (Å²) in [7, 11) is 0. The molecule has 27 heavy (non-hydrogen) atoms. The molecule has 5 nitrogen and oxygen atoms in total. The summed E-state index contributed by atoms with van der Waals surface area (Å²) >= 11 is 7.77. The van der Waals surface area contributed by atoms with Crippen molar-refractivity contribution in [2.75, 3.05) is 39.3 Å². The number of nitrogens with zero attached hydrogens (tertiary/aromatic N) is 3. The highest BCUT2D eigenvalue weighted by Crippen LogP contribution is 2.24. The lowest BCUT2D eigenvalue weighted by molar-refractivity contribution is -0.133. The molecule has 1 saturated heterocycles. The van der Waals surface area contributed by atoms with Gasteiger partial charge < -0.3 is 9.80 Å². The second-order valence-electron chi connectivity index (χ2n) is 7.01. The molecular formula is C20H22ClN3O2S. The molecule has 1 fully saturated rings. The van der Waals surface area contributed by atoms with Gasteiger partial charge in [0.05, 0.1) is 6.54 Å². The van der Waals surface area contributed by atoms with Gasteiger partial charge in [-0.1, -0.05) is 17.7 Å². The summed E-state index contributed by atoms with van der Waals surface area (Å²) in [5, 5.41) is 2.68. The topological polar surface area (TPSA) is 43.9 Å². The first-order valence-corrected chi connectivity index (χ1v) is 10.5. The van der Waals surface area contributed by atoms with E-state index in [-0.39, 0.29) is 11.8 Å². The van der Waals surface area contributed by atoms with E-state index in [9.17, 15) is 9.59 Å². The van der Waals surface area contributed by atoms with Crippen LogP contribution in [-0.4, -0.2) is 65.8 Å². The fraction of sp³-hybridized carbons (Fsp3) is 0.400. The molecule has 0 spiro atoms. The Bertz CT molecular complexity index is 845. The molecule has 0 saturated carbocycles. The SMILES string of the molecule is O=C(CN1CCN(C(=O)c2cccc(Cl)c2)CC1)N1CCc2sccc2C1. The largest absolute Gasteiger partial charge is 0.337 e.